The standard InChI is InChI=1S/C19H15NO7S2/c1-26-17(21)12-20-18(22)16(28-19(20)23)11-13-7-9-14(10-8-13)27-29(24,25)15-5-3-2-4-6-15/h2-11H,12H2,1H3/b16-11-. The highest BCUT2D eigenvalue weighted by Crippen LogP contribution is 2.32. The van der Waals surface area contributed by atoms with Crippen molar-refractivity contribution in [2.75, 3.05) is 13.7 Å². The smallest absolute Gasteiger partial charge is 0.339 e. The van der Waals surface area contributed by atoms with E-state index in [0.717, 1.165) is 4.90 Å². The van der Waals surface area contributed by atoms with Crippen molar-refractivity contribution < 1.29 is 31.7 Å². The molecule has 3 rings (SSSR count). The fraction of sp³-hybridized carbons (Fsp3) is 0.105. The van der Waals surface area contributed by atoms with Gasteiger partial charge in [-0.25, -0.2) is 0 Å². The van der Waals surface area contributed by atoms with E-state index < -0.39 is 33.8 Å². The Labute approximate surface area is 171 Å². The normalized spacial score (nSPS) is 15.6. The Bertz CT molecular complexity index is 1080. The van der Waals surface area contributed by atoms with Gasteiger partial charge in [0.1, 0.15) is 17.2 Å². The number of imide groups is 1. The fourth-order valence-electron chi connectivity index (χ4n) is 2.36. The molecule has 1 aliphatic rings. The minimum absolute atomic E-state index is 0.0309. The Morgan fingerprint density at radius 2 is 1.72 bits per heavy atom. The zero-order valence-corrected chi connectivity index (χ0v) is 16.7. The lowest BCUT2D eigenvalue weighted by atomic mass is 10.2. The van der Waals surface area contributed by atoms with Gasteiger partial charge in [-0.15, -0.1) is 0 Å². The van der Waals surface area contributed by atoms with E-state index in [1.807, 2.05) is 0 Å². The van der Waals surface area contributed by atoms with Gasteiger partial charge in [0, 0.05) is 0 Å². The molecule has 0 aliphatic carbocycles. The van der Waals surface area contributed by atoms with Gasteiger partial charge in [0.2, 0.25) is 0 Å². The third-order valence-corrected chi connectivity index (χ3v) is 5.97. The number of amides is 2. The molecule has 8 nitrogen and oxygen atoms in total. The lowest BCUT2D eigenvalue weighted by molar-refractivity contribution is -0.143. The predicted octanol–water partition coefficient (Wildman–Crippen LogP) is 2.66. The number of thioether (sulfide) groups is 1. The van der Waals surface area contributed by atoms with Gasteiger partial charge in [0.05, 0.1) is 12.0 Å². The van der Waals surface area contributed by atoms with Crippen molar-refractivity contribution in [1.82, 2.24) is 4.90 Å². The van der Waals surface area contributed by atoms with Crippen molar-refractivity contribution >= 4 is 45.1 Å². The predicted molar refractivity (Wildman–Crippen MR) is 105 cm³/mol. The molecule has 0 bridgehead atoms. The average Bonchev–Trinajstić information content (AvgIpc) is 2.97. The number of nitrogens with zero attached hydrogens (tertiary/aromatic N) is 1. The number of hydrogen-bond acceptors (Lipinski definition) is 8. The van der Waals surface area contributed by atoms with Gasteiger partial charge in [0.15, 0.2) is 0 Å². The van der Waals surface area contributed by atoms with Gasteiger partial charge in [-0.3, -0.25) is 19.3 Å². The van der Waals surface area contributed by atoms with Crippen LogP contribution in [0.4, 0.5) is 4.79 Å². The number of ether oxygens (including phenoxy) is 1. The van der Waals surface area contributed by atoms with E-state index in [-0.39, 0.29) is 15.6 Å². The first kappa shape index (κ1) is 20.6. The van der Waals surface area contributed by atoms with Crippen molar-refractivity contribution in [2.45, 2.75) is 4.90 Å². The maximum absolute atomic E-state index is 12.3. The zero-order chi connectivity index (χ0) is 21.0. The van der Waals surface area contributed by atoms with E-state index in [1.54, 1.807) is 30.3 Å². The summed E-state index contributed by atoms with van der Waals surface area (Å²) >= 11 is 0.704. The third-order valence-electron chi connectivity index (χ3n) is 3.80. The number of esters is 1. The summed E-state index contributed by atoms with van der Waals surface area (Å²) in [5.41, 5.74) is 0.554. The van der Waals surface area contributed by atoms with Crippen LogP contribution in [0.3, 0.4) is 0 Å². The molecule has 1 aliphatic heterocycles. The summed E-state index contributed by atoms with van der Waals surface area (Å²) in [6, 6.07) is 13.7. The molecule has 150 valence electrons. The van der Waals surface area contributed by atoms with Gasteiger partial charge in [-0.05, 0) is 47.7 Å². The second-order valence-electron chi connectivity index (χ2n) is 5.76. The number of carbonyl (C=O) groups excluding carboxylic acids is 3. The van der Waals surface area contributed by atoms with Crippen LogP contribution in [-0.2, 0) is 24.4 Å². The second kappa shape index (κ2) is 8.50. The first-order valence-electron chi connectivity index (χ1n) is 8.22. The highest BCUT2D eigenvalue weighted by Gasteiger charge is 2.36. The molecule has 0 unspecified atom stereocenters. The lowest BCUT2D eigenvalue weighted by Crippen LogP contribution is -2.34. The Kier molecular flexibility index (Phi) is 6.04. The molecule has 2 aromatic rings. The number of benzene rings is 2. The molecule has 0 N–H and O–H groups in total. The van der Waals surface area contributed by atoms with E-state index in [9.17, 15) is 22.8 Å². The van der Waals surface area contributed by atoms with Gasteiger partial charge in [-0.2, -0.15) is 8.42 Å². The Morgan fingerprint density at radius 3 is 2.34 bits per heavy atom. The average molecular weight is 433 g/mol. The SMILES string of the molecule is COC(=O)CN1C(=O)S/C(=C\c2ccc(OS(=O)(=O)c3ccccc3)cc2)C1=O. The third kappa shape index (κ3) is 4.84. The summed E-state index contributed by atoms with van der Waals surface area (Å²) in [5, 5.41) is -0.569. The van der Waals surface area contributed by atoms with Crippen LogP contribution in [0, 0.1) is 0 Å². The minimum atomic E-state index is -3.95. The molecule has 0 radical (unpaired) electrons. The molecule has 29 heavy (non-hydrogen) atoms. The lowest BCUT2D eigenvalue weighted by Gasteiger charge is -2.09. The molecular weight excluding hydrogens is 418 g/mol. The number of methoxy groups -OCH3 is 1. The molecular formula is C19H15NO7S2. The summed E-state index contributed by atoms with van der Waals surface area (Å²) in [4.78, 5) is 36.5. The molecule has 2 amide bonds. The molecule has 0 spiro atoms. The minimum Gasteiger partial charge on any atom is -0.468 e. The fourth-order valence-corrected chi connectivity index (χ4v) is 4.15. The van der Waals surface area contributed by atoms with Crippen LogP contribution >= 0.6 is 11.8 Å². The molecule has 10 heteroatoms. The van der Waals surface area contributed by atoms with E-state index in [0.29, 0.717) is 17.3 Å². The molecule has 0 atom stereocenters. The van der Waals surface area contributed by atoms with Gasteiger partial charge in [-0.1, -0.05) is 30.3 Å². The summed E-state index contributed by atoms with van der Waals surface area (Å²) in [6.07, 6.45) is 1.47. The summed E-state index contributed by atoms with van der Waals surface area (Å²) in [7, 11) is -2.79. The van der Waals surface area contributed by atoms with Crippen LogP contribution in [0.5, 0.6) is 5.75 Å². The first-order valence-corrected chi connectivity index (χ1v) is 10.4. The highest BCUT2D eigenvalue weighted by molar-refractivity contribution is 8.18. The van der Waals surface area contributed by atoms with Crippen LogP contribution in [0.2, 0.25) is 0 Å². The Hall–Kier alpha value is -3.11. The Balaban J connectivity index is 1.73. The summed E-state index contributed by atoms with van der Waals surface area (Å²) in [5.74, 6) is -1.20. The Morgan fingerprint density at radius 1 is 1.07 bits per heavy atom. The zero-order valence-electron chi connectivity index (χ0n) is 15.1. The monoisotopic (exact) mass is 433 g/mol. The van der Waals surface area contributed by atoms with E-state index in [4.69, 9.17) is 4.18 Å². The van der Waals surface area contributed by atoms with E-state index in [1.165, 1.54) is 37.5 Å². The molecule has 1 saturated heterocycles. The van der Waals surface area contributed by atoms with Crippen LogP contribution < -0.4 is 4.18 Å². The van der Waals surface area contributed by atoms with Crippen LogP contribution in [-0.4, -0.2) is 44.1 Å². The van der Waals surface area contributed by atoms with Gasteiger partial charge < -0.3 is 8.92 Å². The maximum atomic E-state index is 12.3. The van der Waals surface area contributed by atoms with Crippen LogP contribution in [0.1, 0.15) is 5.56 Å². The van der Waals surface area contributed by atoms with Crippen LogP contribution in [0.15, 0.2) is 64.4 Å². The largest absolute Gasteiger partial charge is 0.468 e. The van der Waals surface area contributed by atoms with Crippen LogP contribution in [0.25, 0.3) is 6.08 Å². The van der Waals surface area contributed by atoms with E-state index >= 15 is 0 Å². The van der Waals surface area contributed by atoms with Crippen molar-refractivity contribution in [3.8, 4) is 5.75 Å². The van der Waals surface area contributed by atoms with Crippen molar-refractivity contribution in [3.05, 3.63) is 65.1 Å². The quantitative estimate of drug-likeness (QED) is 0.389. The van der Waals surface area contributed by atoms with E-state index in [2.05, 4.69) is 4.74 Å². The maximum Gasteiger partial charge on any atom is 0.339 e. The number of rotatable bonds is 6. The van der Waals surface area contributed by atoms with Crippen molar-refractivity contribution in [1.29, 1.82) is 0 Å². The van der Waals surface area contributed by atoms with Gasteiger partial charge in [0.25, 0.3) is 11.1 Å². The molecule has 0 aromatic heterocycles. The molecule has 1 fully saturated rings. The highest BCUT2D eigenvalue weighted by atomic mass is 32.2. The van der Waals surface area contributed by atoms with Crippen molar-refractivity contribution in [3.63, 3.8) is 0 Å². The second-order valence-corrected chi connectivity index (χ2v) is 8.30. The molecule has 1 heterocycles. The summed E-state index contributed by atoms with van der Waals surface area (Å²) in [6.45, 7) is -0.456. The first-order chi connectivity index (χ1) is 13.8. The molecule has 2 aromatic carbocycles. The number of carbonyl (C=O) groups is 3. The summed E-state index contributed by atoms with van der Waals surface area (Å²) < 4.78 is 34.0. The molecule has 0 saturated carbocycles. The number of hydrogen-bond donors (Lipinski definition) is 0. The van der Waals surface area contributed by atoms with Gasteiger partial charge >= 0.3 is 16.1 Å². The van der Waals surface area contributed by atoms with Crippen molar-refractivity contribution in [2.24, 2.45) is 0 Å². The topological polar surface area (TPSA) is 107 Å².